The van der Waals surface area contributed by atoms with E-state index in [0.717, 1.165) is 11.4 Å². The van der Waals surface area contributed by atoms with Crippen molar-refractivity contribution in [2.75, 3.05) is 13.1 Å². The minimum atomic E-state index is -0.132. The Morgan fingerprint density at radius 3 is 2.85 bits per heavy atom. The minimum Gasteiger partial charge on any atom is -0.338 e. The predicted molar refractivity (Wildman–Crippen MR) is 82.1 cm³/mol. The number of amides is 2. The molecule has 0 saturated carbocycles. The predicted octanol–water partition coefficient (Wildman–Crippen LogP) is 2.55. The van der Waals surface area contributed by atoms with Crippen molar-refractivity contribution < 1.29 is 4.79 Å². The first-order valence-electron chi connectivity index (χ1n) is 6.71. The molecule has 2 heterocycles. The van der Waals surface area contributed by atoms with Gasteiger partial charge in [-0.15, -0.1) is 0 Å². The van der Waals surface area contributed by atoms with E-state index in [4.69, 9.17) is 0 Å². The van der Waals surface area contributed by atoms with Gasteiger partial charge in [-0.05, 0) is 43.2 Å². The Morgan fingerprint density at radius 1 is 1.40 bits per heavy atom. The zero-order valence-electron chi connectivity index (χ0n) is 12.1. The van der Waals surface area contributed by atoms with Gasteiger partial charge < -0.3 is 10.6 Å². The Labute approximate surface area is 123 Å². The highest BCUT2D eigenvalue weighted by molar-refractivity contribution is 7.08. The van der Waals surface area contributed by atoms with Crippen LogP contribution in [0.3, 0.4) is 0 Å². The van der Waals surface area contributed by atoms with Crippen LogP contribution in [0.1, 0.15) is 18.3 Å². The van der Waals surface area contributed by atoms with E-state index in [1.54, 1.807) is 11.3 Å². The van der Waals surface area contributed by atoms with Gasteiger partial charge in [0.25, 0.3) is 0 Å². The van der Waals surface area contributed by atoms with Gasteiger partial charge in [0.05, 0.1) is 12.2 Å². The van der Waals surface area contributed by atoms with E-state index >= 15 is 0 Å². The third-order valence-electron chi connectivity index (χ3n) is 3.14. The highest BCUT2D eigenvalue weighted by atomic mass is 32.1. The van der Waals surface area contributed by atoms with Gasteiger partial charge in [-0.2, -0.15) is 16.4 Å². The Bertz CT molecular complexity index is 574. The van der Waals surface area contributed by atoms with Gasteiger partial charge >= 0.3 is 6.03 Å². The fraction of sp³-hybridized carbons (Fsp3) is 0.429. The van der Waals surface area contributed by atoms with Crippen molar-refractivity contribution in [1.82, 2.24) is 20.4 Å². The second kappa shape index (κ2) is 6.56. The first kappa shape index (κ1) is 14.6. The topological polar surface area (TPSA) is 59.0 Å². The Kier molecular flexibility index (Phi) is 4.79. The second-order valence-corrected chi connectivity index (χ2v) is 5.35. The summed E-state index contributed by atoms with van der Waals surface area (Å²) >= 11 is 1.69. The van der Waals surface area contributed by atoms with Crippen LogP contribution in [0.5, 0.6) is 0 Å². The number of carbonyl (C=O) groups is 1. The maximum Gasteiger partial charge on any atom is 0.314 e. The van der Waals surface area contributed by atoms with Crippen LogP contribution in [-0.4, -0.2) is 28.9 Å². The molecule has 0 atom stereocenters. The van der Waals surface area contributed by atoms with Gasteiger partial charge in [0, 0.05) is 24.3 Å². The number of hydrogen-bond acceptors (Lipinski definition) is 3. The lowest BCUT2D eigenvalue weighted by Gasteiger charge is -2.07. The summed E-state index contributed by atoms with van der Waals surface area (Å²) in [6, 6.07) is 1.98. The number of nitrogens with one attached hydrogen (secondary N) is 2. The van der Waals surface area contributed by atoms with E-state index in [1.807, 2.05) is 18.5 Å². The summed E-state index contributed by atoms with van der Waals surface area (Å²) in [6.45, 7) is 7.86. The first-order valence-corrected chi connectivity index (χ1v) is 7.66. The summed E-state index contributed by atoms with van der Waals surface area (Å²) in [5.41, 5.74) is 4.58. The second-order valence-electron chi connectivity index (χ2n) is 4.57. The molecule has 0 aromatic carbocycles. The Morgan fingerprint density at radius 2 is 2.20 bits per heavy atom. The van der Waals surface area contributed by atoms with Gasteiger partial charge in [0.1, 0.15) is 0 Å². The molecule has 108 valence electrons. The average Bonchev–Trinajstić information content (AvgIpc) is 2.99. The van der Waals surface area contributed by atoms with Crippen molar-refractivity contribution >= 4 is 17.4 Å². The summed E-state index contributed by atoms with van der Waals surface area (Å²) in [7, 11) is 0. The summed E-state index contributed by atoms with van der Waals surface area (Å²) in [6.07, 6.45) is 0. The number of aromatic nitrogens is 2. The molecule has 2 rings (SSSR count). The molecule has 0 radical (unpaired) electrons. The number of urea groups is 1. The highest BCUT2D eigenvalue weighted by Crippen LogP contribution is 2.28. The van der Waals surface area contributed by atoms with Gasteiger partial charge in [0.15, 0.2) is 0 Å². The molecule has 0 aliphatic carbocycles. The molecular weight excluding hydrogens is 272 g/mol. The fourth-order valence-corrected chi connectivity index (χ4v) is 2.88. The molecule has 0 aliphatic rings. The zero-order valence-corrected chi connectivity index (χ0v) is 12.9. The largest absolute Gasteiger partial charge is 0.338 e. The molecule has 0 bridgehead atoms. The number of carbonyl (C=O) groups excluding carboxylic acids is 1. The van der Waals surface area contributed by atoms with Gasteiger partial charge in [0.2, 0.25) is 0 Å². The molecule has 0 saturated heterocycles. The number of aryl methyl sites for hydroxylation is 1. The maximum atomic E-state index is 11.3. The molecule has 2 aromatic rings. The van der Waals surface area contributed by atoms with Crippen molar-refractivity contribution in [3.8, 4) is 11.1 Å². The van der Waals surface area contributed by atoms with Crippen molar-refractivity contribution in [3.05, 3.63) is 28.2 Å². The lowest BCUT2D eigenvalue weighted by atomic mass is 10.1. The van der Waals surface area contributed by atoms with Crippen LogP contribution in [0.25, 0.3) is 11.1 Å². The summed E-state index contributed by atoms with van der Waals surface area (Å²) in [5, 5.41) is 14.3. The molecule has 0 spiro atoms. The van der Waals surface area contributed by atoms with Crippen molar-refractivity contribution in [2.45, 2.75) is 27.3 Å². The third kappa shape index (κ3) is 3.19. The van der Waals surface area contributed by atoms with Crippen LogP contribution in [0.15, 0.2) is 16.8 Å². The molecule has 0 fully saturated rings. The average molecular weight is 292 g/mol. The minimum absolute atomic E-state index is 0.132. The molecule has 2 N–H and O–H groups in total. The van der Waals surface area contributed by atoms with E-state index in [0.29, 0.717) is 19.6 Å². The molecule has 0 unspecified atom stereocenters. The van der Waals surface area contributed by atoms with Crippen LogP contribution in [0.2, 0.25) is 0 Å². The van der Waals surface area contributed by atoms with E-state index in [1.165, 1.54) is 11.1 Å². The Hall–Kier alpha value is -1.82. The smallest absolute Gasteiger partial charge is 0.314 e. The van der Waals surface area contributed by atoms with E-state index in [2.05, 4.69) is 39.5 Å². The van der Waals surface area contributed by atoms with Gasteiger partial charge in [-0.3, -0.25) is 4.68 Å². The standard InChI is InChI=1S/C14H20N4OS/c1-4-15-14(19)16-6-7-18-11(3)13(10(2)17-18)12-5-8-20-9-12/h5,8-9H,4,6-7H2,1-3H3,(H2,15,16,19). The van der Waals surface area contributed by atoms with Crippen molar-refractivity contribution in [1.29, 1.82) is 0 Å². The van der Waals surface area contributed by atoms with Crippen LogP contribution >= 0.6 is 11.3 Å². The summed E-state index contributed by atoms with van der Waals surface area (Å²) in [4.78, 5) is 11.3. The van der Waals surface area contributed by atoms with Crippen molar-refractivity contribution in [3.63, 3.8) is 0 Å². The normalized spacial score (nSPS) is 10.6. The van der Waals surface area contributed by atoms with Crippen LogP contribution in [0.4, 0.5) is 4.79 Å². The molecule has 6 heteroatoms. The summed E-state index contributed by atoms with van der Waals surface area (Å²) in [5.74, 6) is 0. The number of nitrogens with zero attached hydrogens (tertiary/aromatic N) is 2. The first-order chi connectivity index (χ1) is 9.63. The number of hydrogen-bond donors (Lipinski definition) is 2. The molecular formula is C14H20N4OS. The van der Waals surface area contributed by atoms with E-state index in [-0.39, 0.29) is 6.03 Å². The van der Waals surface area contributed by atoms with E-state index in [9.17, 15) is 4.79 Å². The quantitative estimate of drug-likeness (QED) is 0.889. The van der Waals surface area contributed by atoms with Crippen LogP contribution in [-0.2, 0) is 6.54 Å². The van der Waals surface area contributed by atoms with Gasteiger partial charge in [-0.1, -0.05) is 0 Å². The molecule has 2 aromatic heterocycles. The van der Waals surface area contributed by atoms with E-state index < -0.39 is 0 Å². The van der Waals surface area contributed by atoms with Gasteiger partial charge in [-0.25, -0.2) is 4.79 Å². The Balaban J connectivity index is 2.03. The zero-order chi connectivity index (χ0) is 14.5. The van der Waals surface area contributed by atoms with Crippen LogP contribution < -0.4 is 10.6 Å². The molecule has 5 nitrogen and oxygen atoms in total. The molecule has 2 amide bonds. The van der Waals surface area contributed by atoms with Crippen molar-refractivity contribution in [2.24, 2.45) is 0 Å². The highest BCUT2D eigenvalue weighted by Gasteiger charge is 2.13. The SMILES string of the molecule is CCNC(=O)NCCn1nc(C)c(-c2ccsc2)c1C. The molecule has 0 aliphatic heterocycles. The lowest BCUT2D eigenvalue weighted by Crippen LogP contribution is -2.37. The summed E-state index contributed by atoms with van der Waals surface area (Å²) < 4.78 is 1.95. The fourth-order valence-electron chi connectivity index (χ4n) is 2.24. The lowest BCUT2D eigenvalue weighted by molar-refractivity contribution is 0.241. The third-order valence-corrected chi connectivity index (χ3v) is 3.82. The molecule has 20 heavy (non-hydrogen) atoms. The van der Waals surface area contributed by atoms with Crippen LogP contribution in [0, 0.1) is 13.8 Å². The maximum absolute atomic E-state index is 11.3. The number of thiophene rings is 1. The monoisotopic (exact) mass is 292 g/mol. The number of rotatable bonds is 5.